The third-order valence-corrected chi connectivity index (χ3v) is 2.01. The van der Waals surface area contributed by atoms with Gasteiger partial charge in [0.2, 0.25) is 5.91 Å². The number of benzene rings is 1. The molecule has 0 atom stereocenters. The molecule has 10 heteroatoms. The summed E-state index contributed by atoms with van der Waals surface area (Å²) in [4.78, 5) is 11.3. The van der Waals surface area contributed by atoms with Crippen molar-refractivity contribution in [1.29, 1.82) is 0 Å². The predicted octanol–water partition coefficient (Wildman–Crippen LogP) is 2.47. The first kappa shape index (κ1) is 19.3. The third kappa shape index (κ3) is 7.00. The van der Waals surface area contributed by atoms with E-state index in [9.17, 15) is 22.4 Å². The Morgan fingerprint density at radius 2 is 1.81 bits per heavy atom. The second kappa shape index (κ2) is 9.24. The lowest BCUT2D eigenvalue weighted by molar-refractivity contribution is -0.115. The summed E-state index contributed by atoms with van der Waals surface area (Å²) in [5.41, 5.74) is -0.0767. The zero-order valence-electron chi connectivity index (χ0n) is 10.7. The van der Waals surface area contributed by atoms with E-state index < -0.39 is 24.9 Å². The lowest BCUT2D eigenvalue weighted by Crippen LogP contribution is -2.25. The molecular weight excluding hydrogens is 320 g/mol. The van der Waals surface area contributed by atoms with Gasteiger partial charge in [0.1, 0.15) is 5.75 Å². The number of carbonyl (C=O) groups excluding carboxylic acids is 1. The van der Waals surface area contributed by atoms with Crippen molar-refractivity contribution in [2.75, 3.05) is 18.9 Å². The highest BCUT2D eigenvalue weighted by Gasteiger charge is 2.14. The van der Waals surface area contributed by atoms with E-state index in [0.717, 1.165) is 18.2 Å². The fourth-order valence-corrected chi connectivity index (χ4v) is 1.33. The summed E-state index contributed by atoms with van der Waals surface area (Å²) in [5, 5.41) is 4.86. The van der Waals surface area contributed by atoms with Crippen molar-refractivity contribution in [3.63, 3.8) is 0 Å². The van der Waals surface area contributed by atoms with Crippen LogP contribution in [0.15, 0.2) is 18.2 Å². The summed E-state index contributed by atoms with van der Waals surface area (Å²) in [6.07, 6.45) is 0. The number of rotatable bonds is 7. The smallest absolute Gasteiger partial charge is 0.387 e. The zero-order valence-corrected chi connectivity index (χ0v) is 11.6. The van der Waals surface area contributed by atoms with Gasteiger partial charge in [0.25, 0.3) is 0 Å². The minimum absolute atomic E-state index is 0. The van der Waals surface area contributed by atoms with Crippen molar-refractivity contribution in [3.05, 3.63) is 18.2 Å². The first-order valence-electron chi connectivity index (χ1n) is 5.40. The summed E-state index contributed by atoms with van der Waals surface area (Å²) in [5.74, 6) is -1.33. The molecule has 0 spiro atoms. The number of anilines is 1. The monoisotopic (exact) mass is 332 g/mol. The Balaban J connectivity index is 0.00000400. The molecule has 0 saturated carbocycles. The minimum atomic E-state index is -3.17. The normalized spacial score (nSPS) is 10.2. The Hall–Kier alpha value is -1.74. The highest BCUT2D eigenvalue weighted by atomic mass is 35.5. The van der Waals surface area contributed by atoms with Crippen LogP contribution in [0, 0.1) is 0 Å². The number of hydrogen-bond donors (Lipinski definition) is 2. The van der Waals surface area contributed by atoms with Gasteiger partial charge in [-0.15, -0.1) is 12.4 Å². The number of nitrogens with one attached hydrogen (secondary N) is 2. The number of ether oxygens (including phenoxy) is 2. The second-order valence-electron chi connectivity index (χ2n) is 3.49. The Kier molecular flexibility index (Phi) is 8.48. The molecule has 2 N–H and O–H groups in total. The van der Waals surface area contributed by atoms with E-state index in [4.69, 9.17) is 0 Å². The largest absolute Gasteiger partial charge is 0.435 e. The van der Waals surface area contributed by atoms with Gasteiger partial charge in [0, 0.05) is 6.07 Å². The number of hydrogen-bond acceptors (Lipinski definition) is 4. The van der Waals surface area contributed by atoms with Crippen molar-refractivity contribution in [3.8, 4) is 11.5 Å². The number of halogens is 5. The molecule has 120 valence electrons. The molecule has 5 nitrogen and oxygen atoms in total. The summed E-state index contributed by atoms with van der Waals surface area (Å²) < 4.78 is 56.8. The summed E-state index contributed by atoms with van der Waals surface area (Å²) in [6, 6.07) is 3.07. The van der Waals surface area contributed by atoms with E-state index >= 15 is 0 Å². The topological polar surface area (TPSA) is 59.6 Å². The van der Waals surface area contributed by atoms with Crippen LogP contribution in [0.1, 0.15) is 0 Å². The second-order valence-corrected chi connectivity index (χ2v) is 3.49. The van der Waals surface area contributed by atoms with Crippen LogP contribution >= 0.6 is 12.4 Å². The van der Waals surface area contributed by atoms with E-state index in [1.807, 2.05) is 0 Å². The standard InChI is InChI=1S/C11H12F4N2O3.ClH/c1-16-5-9(18)17-7-3-2-6(19-10(12)13)4-8(7)20-11(14)15;/h2-4,10-11,16H,5H2,1H3,(H,17,18);1H. The fraction of sp³-hybridized carbons (Fsp3) is 0.364. The molecule has 0 radical (unpaired) electrons. The molecule has 0 saturated heterocycles. The summed E-state index contributed by atoms with van der Waals surface area (Å²) >= 11 is 0. The molecule has 21 heavy (non-hydrogen) atoms. The molecule has 0 aliphatic rings. The maximum Gasteiger partial charge on any atom is 0.387 e. The van der Waals surface area contributed by atoms with Crippen molar-refractivity contribution in [2.24, 2.45) is 0 Å². The average molecular weight is 333 g/mol. The van der Waals surface area contributed by atoms with Crippen LogP contribution in [0.4, 0.5) is 23.2 Å². The first-order valence-corrected chi connectivity index (χ1v) is 5.40. The molecule has 0 aromatic heterocycles. The molecule has 0 aliphatic heterocycles. The van der Waals surface area contributed by atoms with Crippen molar-refractivity contribution in [2.45, 2.75) is 13.2 Å². The molecule has 0 unspecified atom stereocenters. The van der Waals surface area contributed by atoms with Crippen molar-refractivity contribution >= 4 is 24.0 Å². The lowest BCUT2D eigenvalue weighted by atomic mass is 10.2. The SMILES string of the molecule is CNCC(=O)Nc1ccc(OC(F)F)cc1OC(F)F.Cl. The van der Waals surface area contributed by atoms with Gasteiger partial charge < -0.3 is 20.1 Å². The molecule has 1 amide bonds. The van der Waals surface area contributed by atoms with Gasteiger partial charge >= 0.3 is 13.2 Å². The lowest BCUT2D eigenvalue weighted by Gasteiger charge is -2.13. The van der Waals surface area contributed by atoms with Crippen LogP contribution in [-0.4, -0.2) is 32.7 Å². The number of amides is 1. The van der Waals surface area contributed by atoms with Crippen LogP contribution in [0.5, 0.6) is 11.5 Å². The molecule has 1 rings (SSSR count). The van der Waals surface area contributed by atoms with Crippen molar-refractivity contribution in [1.82, 2.24) is 5.32 Å². The third-order valence-electron chi connectivity index (χ3n) is 2.01. The maximum atomic E-state index is 12.2. The van der Waals surface area contributed by atoms with E-state index in [0.29, 0.717) is 0 Å². The van der Waals surface area contributed by atoms with Crippen LogP contribution in [0.25, 0.3) is 0 Å². The van der Waals surface area contributed by atoms with E-state index in [1.54, 1.807) is 0 Å². The molecule has 0 fully saturated rings. The Bertz CT molecular complexity index is 463. The van der Waals surface area contributed by atoms with Gasteiger partial charge in [0.05, 0.1) is 12.2 Å². The molecule has 0 heterocycles. The van der Waals surface area contributed by atoms with Gasteiger partial charge in [-0.25, -0.2) is 0 Å². The fourth-order valence-electron chi connectivity index (χ4n) is 1.33. The zero-order chi connectivity index (χ0) is 15.1. The molecular formula is C11H13ClF4N2O3. The summed E-state index contributed by atoms with van der Waals surface area (Å²) in [7, 11) is 1.52. The van der Waals surface area contributed by atoms with Crippen LogP contribution in [-0.2, 0) is 4.79 Å². The van der Waals surface area contributed by atoms with Gasteiger partial charge in [-0.1, -0.05) is 0 Å². The van der Waals surface area contributed by atoms with Gasteiger partial charge in [-0.05, 0) is 19.2 Å². The Labute approximate surface area is 124 Å². The predicted molar refractivity (Wildman–Crippen MR) is 69.5 cm³/mol. The summed E-state index contributed by atoms with van der Waals surface area (Å²) in [6.45, 7) is -6.32. The van der Waals surface area contributed by atoms with E-state index in [-0.39, 0.29) is 30.4 Å². The molecule has 1 aromatic rings. The molecule has 1 aromatic carbocycles. The average Bonchev–Trinajstić information content (AvgIpc) is 2.31. The quantitative estimate of drug-likeness (QED) is 0.753. The van der Waals surface area contributed by atoms with Crippen LogP contribution in [0.2, 0.25) is 0 Å². The van der Waals surface area contributed by atoms with Gasteiger partial charge in [-0.2, -0.15) is 17.6 Å². The Morgan fingerprint density at radius 1 is 1.19 bits per heavy atom. The number of likely N-dealkylation sites (N-methyl/N-ethyl adjacent to an activating group) is 1. The van der Waals surface area contributed by atoms with Crippen molar-refractivity contribution < 1.29 is 31.8 Å². The van der Waals surface area contributed by atoms with Crippen LogP contribution < -0.4 is 20.1 Å². The molecule has 0 bridgehead atoms. The minimum Gasteiger partial charge on any atom is -0.435 e. The maximum absolute atomic E-state index is 12.2. The van der Waals surface area contributed by atoms with Crippen LogP contribution in [0.3, 0.4) is 0 Å². The highest BCUT2D eigenvalue weighted by Crippen LogP contribution is 2.31. The van der Waals surface area contributed by atoms with Gasteiger partial charge in [0.15, 0.2) is 5.75 Å². The van der Waals surface area contributed by atoms with E-state index in [1.165, 1.54) is 7.05 Å². The number of carbonyl (C=O) groups is 1. The molecule has 0 aliphatic carbocycles. The van der Waals surface area contributed by atoms with E-state index in [2.05, 4.69) is 20.1 Å². The first-order chi connectivity index (χ1) is 9.42. The highest BCUT2D eigenvalue weighted by molar-refractivity contribution is 5.93. The number of alkyl halides is 4. The Morgan fingerprint density at radius 3 is 2.33 bits per heavy atom. The van der Waals surface area contributed by atoms with Gasteiger partial charge in [-0.3, -0.25) is 4.79 Å².